The van der Waals surface area contributed by atoms with Gasteiger partial charge in [-0.1, -0.05) is 29.8 Å². The van der Waals surface area contributed by atoms with Gasteiger partial charge < -0.3 is 29.7 Å². The molecule has 1 aliphatic carbocycles. The van der Waals surface area contributed by atoms with Crippen molar-refractivity contribution in [1.82, 2.24) is 15.2 Å². The van der Waals surface area contributed by atoms with Crippen molar-refractivity contribution in [2.45, 2.75) is 50.4 Å². The summed E-state index contributed by atoms with van der Waals surface area (Å²) in [7, 11) is 0. The number of ether oxygens (including phenoxy) is 2. The molecule has 1 amide bonds. The van der Waals surface area contributed by atoms with Gasteiger partial charge in [0.2, 0.25) is 11.8 Å². The van der Waals surface area contributed by atoms with Crippen molar-refractivity contribution in [2.75, 3.05) is 37.6 Å². The van der Waals surface area contributed by atoms with Crippen molar-refractivity contribution >= 4 is 23.2 Å². The molecule has 2 aromatic carbocycles. The van der Waals surface area contributed by atoms with Crippen LogP contribution in [-0.4, -0.2) is 65.8 Å². The molecule has 2 aliphatic heterocycles. The highest BCUT2D eigenvalue weighted by Crippen LogP contribution is 2.35. The highest BCUT2D eigenvalue weighted by Gasteiger charge is 2.33. The van der Waals surface area contributed by atoms with Gasteiger partial charge in [-0.25, -0.2) is 4.98 Å². The number of nitrogens with zero attached hydrogens (tertiary/aromatic N) is 3. The van der Waals surface area contributed by atoms with E-state index in [0.717, 1.165) is 57.4 Å². The number of aliphatic hydroxyl groups excluding tert-OH is 1. The van der Waals surface area contributed by atoms with Crippen LogP contribution in [0.3, 0.4) is 0 Å². The van der Waals surface area contributed by atoms with Gasteiger partial charge in [-0.05, 0) is 81.1 Å². The third kappa shape index (κ3) is 7.12. The number of amides is 1. The second kappa shape index (κ2) is 12.7. The molecule has 3 aromatic rings. The normalized spacial score (nSPS) is 20.5. The number of pyridine rings is 1. The van der Waals surface area contributed by atoms with Crippen molar-refractivity contribution < 1.29 is 19.4 Å². The average Bonchev–Trinajstić information content (AvgIpc) is 3.42. The minimum absolute atomic E-state index is 0.0311. The first-order valence-corrected chi connectivity index (χ1v) is 15.0. The van der Waals surface area contributed by atoms with Gasteiger partial charge >= 0.3 is 0 Å². The average molecular weight is 577 g/mol. The number of halogens is 1. The van der Waals surface area contributed by atoms with Crippen LogP contribution in [0.2, 0.25) is 5.02 Å². The molecule has 0 unspecified atom stereocenters. The first-order valence-electron chi connectivity index (χ1n) is 14.6. The number of carbonyl (C=O) groups is 1. The molecule has 3 atom stereocenters. The molecule has 0 bridgehead atoms. The molecular formula is C32H37ClN4O4. The molecule has 2 N–H and O–H groups in total. The molecule has 2 saturated heterocycles. The molecule has 1 aromatic heterocycles. The largest absolute Gasteiger partial charge is 0.489 e. The van der Waals surface area contributed by atoms with E-state index in [1.54, 1.807) is 12.3 Å². The van der Waals surface area contributed by atoms with Crippen LogP contribution in [0.1, 0.15) is 43.8 Å². The third-order valence-corrected chi connectivity index (χ3v) is 8.38. The van der Waals surface area contributed by atoms with Crippen LogP contribution in [0, 0.1) is 5.92 Å². The monoisotopic (exact) mass is 576 g/mol. The minimum atomic E-state index is -0.884. The summed E-state index contributed by atoms with van der Waals surface area (Å²) in [6.45, 7) is 3.91. The first kappa shape index (κ1) is 27.8. The smallest absolute Gasteiger partial charge is 0.225 e. The van der Waals surface area contributed by atoms with Crippen LogP contribution in [0.25, 0.3) is 0 Å². The van der Waals surface area contributed by atoms with Gasteiger partial charge in [0.25, 0.3) is 0 Å². The lowest BCUT2D eigenvalue weighted by atomic mass is 10.00. The summed E-state index contributed by atoms with van der Waals surface area (Å²) in [5, 5.41) is 15.2. The van der Waals surface area contributed by atoms with Gasteiger partial charge in [-0.15, -0.1) is 0 Å². The van der Waals surface area contributed by atoms with E-state index in [2.05, 4.69) is 20.1 Å². The SMILES string of the molecule is O=C(N[C@H](CN1CCCC1)[C@H](O)c1ccc(OC2CC2)c(Cl)c1)[C@H]1CCN(c2cccc(Oc3ccccn3)c2)C1. The third-order valence-electron chi connectivity index (χ3n) is 8.08. The Hall–Kier alpha value is -3.33. The molecule has 3 fully saturated rings. The lowest BCUT2D eigenvalue weighted by Crippen LogP contribution is -2.48. The summed E-state index contributed by atoms with van der Waals surface area (Å²) in [6.07, 6.45) is 6.17. The number of nitrogens with one attached hydrogen (secondary N) is 1. The van der Waals surface area contributed by atoms with Crippen LogP contribution in [-0.2, 0) is 4.79 Å². The zero-order valence-corrected chi connectivity index (χ0v) is 23.9. The zero-order valence-electron chi connectivity index (χ0n) is 23.1. The highest BCUT2D eigenvalue weighted by molar-refractivity contribution is 6.32. The van der Waals surface area contributed by atoms with Crippen molar-refractivity contribution in [3.05, 3.63) is 77.4 Å². The Labute approximate surface area is 246 Å². The number of anilines is 1. The van der Waals surface area contributed by atoms with E-state index in [1.165, 1.54) is 0 Å². The molecule has 8 nitrogen and oxygen atoms in total. The van der Waals surface area contributed by atoms with Gasteiger partial charge in [0.05, 0.1) is 23.1 Å². The molecule has 9 heteroatoms. The Balaban J connectivity index is 1.11. The lowest BCUT2D eigenvalue weighted by Gasteiger charge is -2.30. The van der Waals surface area contributed by atoms with E-state index < -0.39 is 12.1 Å². The number of aliphatic hydroxyl groups is 1. The number of benzene rings is 2. The Morgan fingerprint density at radius 1 is 1.05 bits per heavy atom. The molecule has 216 valence electrons. The molecule has 3 heterocycles. The van der Waals surface area contributed by atoms with E-state index in [9.17, 15) is 9.90 Å². The maximum atomic E-state index is 13.6. The van der Waals surface area contributed by atoms with E-state index >= 15 is 0 Å². The molecule has 1 saturated carbocycles. The predicted molar refractivity (Wildman–Crippen MR) is 159 cm³/mol. The summed E-state index contributed by atoms with van der Waals surface area (Å²) in [5.74, 6) is 1.68. The number of likely N-dealkylation sites (tertiary alicyclic amines) is 1. The Morgan fingerprint density at radius 3 is 2.66 bits per heavy atom. The molecule has 0 spiro atoms. The number of rotatable bonds is 11. The summed E-state index contributed by atoms with van der Waals surface area (Å²) >= 11 is 6.51. The number of carbonyl (C=O) groups excluding carboxylic acids is 1. The topological polar surface area (TPSA) is 87.2 Å². The van der Waals surface area contributed by atoms with Crippen LogP contribution >= 0.6 is 11.6 Å². The minimum Gasteiger partial charge on any atom is -0.489 e. The second-order valence-corrected chi connectivity index (χ2v) is 11.7. The van der Waals surface area contributed by atoms with E-state index in [-0.39, 0.29) is 17.9 Å². The van der Waals surface area contributed by atoms with Crippen LogP contribution in [0.5, 0.6) is 17.4 Å². The summed E-state index contributed by atoms with van der Waals surface area (Å²) < 4.78 is 11.8. The summed E-state index contributed by atoms with van der Waals surface area (Å²) in [6, 6.07) is 18.4. The molecule has 6 rings (SSSR count). The van der Waals surface area contributed by atoms with Crippen molar-refractivity contribution in [3.63, 3.8) is 0 Å². The van der Waals surface area contributed by atoms with E-state index in [1.807, 2.05) is 54.6 Å². The zero-order chi connectivity index (χ0) is 28.2. The molecular weight excluding hydrogens is 540 g/mol. The first-order chi connectivity index (χ1) is 20.0. The molecule has 41 heavy (non-hydrogen) atoms. The maximum Gasteiger partial charge on any atom is 0.225 e. The molecule has 0 radical (unpaired) electrons. The fourth-order valence-corrected chi connectivity index (χ4v) is 5.88. The standard InChI is InChI=1S/C32H37ClN4O4/c33-27-18-22(9-12-29(27)40-25-10-11-25)31(38)28(21-36-15-3-4-16-36)35-32(39)23-13-17-37(20-23)24-6-5-7-26(19-24)41-30-8-1-2-14-34-30/h1-2,5-9,12,14,18-19,23,25,28,31,38H,3-4,10-11,13,15-17,20-21H2,(H,35,39)/t23-,28+,31+/m0/s1. The lowest BCUT2D eigenvalue weighted by molar-refractivity contribution is -0.126. The second-order valence-electron chi connectivity index (χ2n) is 11.3. The van der Waals surface area contributed by atoms with Crippen molar-refractivity contribution in [2.24, 2.45) is 5.92 Å². The number of aromatic nitrogens is 1. The van der Waals surface area contributed by atoms with Gasteiger partial charge in [-0.2, -0.15) is 0 Å². The van der Waals surface area contributed by atoms with E-state index in [4.69, 9.17) is 21.1 Å². The Kier molecular flexibility index (Phi) is 8.60. The summed E-state index contributed by atoms with van der Waals surface area (Å²) in [4.78, 5) is 22.3. The van der Waals surface area contributed by atoms with Gasteiger partial charge in [0.15, 0.2) is 0 Å². The van der Waals surface area contributed by atoms with Crippen molar-refractivity contribution in [3.8, 4) is 17.4 Å². The highest BCUT2D eigenvalue weighted by atomic mass is 35.5. The van der Waals surface area contributed by atoms with Crippen LogP contribution in [0.15, 0.2) is 66.9 Å². The quantitative estimate of drug-likeness (QED) is 0.324. The fraction of sp³-hybridized carbons (Fsp3) is 0.438. The predicted octanol–water partition coefficient (Wildman–Crippen LogP) is 5.21. The Morgan fingerprint density at radius 2 is 1.90 bits per heavy atom. The number of hydrogen-bond acceptors (Lipinski definition) is 7. The Bertz CT molecular complexity index is 1330. The fourth-order valence-electron chi connectivity index (χ4n) is 5.64. The van der Waals surface area contributed by atoms with Crippen LogP contribution < -0.4 is 19.7 Å². The maximum absolute atomic E-state index is 13.6. The summed E-state index contributed by atoms with van der Waals surface area (Å²) in [5.41, 5.74) is 1.69. The van der Waals surface area contributed by atoms with Crippen molar-refractivity contribution in [1.29, 1.82) is 0 Å². The number of hydrogen-bond donors (Lipinski definition) is 2. The van der Waals surface area contributed by atoms with Crippen LogP contribution in [0.4, 0.5) is 5.69 Å². The van der Waals surface area contributed by atoms with Gasteiger partial charge in [0.1, 0.15) is 17.6 Å². The molecule has 3 aliphatic rings. The van der Waals surface area contributed by atoms with E-state index in [0.29, 0.717) is 41.1 Å². The van der Waals surface area contributed by atoms with Gasteiger partial charge in [-0.3, -0.25) is 4.79 Å². The van der Waals surface area contributed by atoms with Gasteiger partial charge in [0, 0.05) is 43.7 Å².